The Bertz CT molecular complexity index is 347. The number of hydrogen-bond donors (Lipinski definition) is 1. The molecule has 4 unspecified atom stereocenters. The molecular formula is C20H38NOP. The van der Waals surface area contributed by atoms with Crippen LogP contribution in [0.25, 0.3) is 0 Å². The highest BCUT2D eigenvalue weighted by Crippen LogP contribution is 2.36. The van der Waals surface area contributed by atoms with Crippen molar-refractivity contribution in [2.24, 2.45) is 11.8 Å². The number of amides is 1. The van der Waals surface area contributed by atoms with E-state index in [1.165, 1.54) is 83.5 Å². The lowest BCUT2D eigenvalue weighted by molar-refractivity contribution is -0.121. The van der Waals surface area contributed by atoms with E-state index in [1.807, 2.05) is 6.92 Å². The van der Waals surface area contributed by atoms with Gasteiger partial charge in [0.25, 0.3) is 0 Å². The third-order valence-electron chi connectivity index (χ3n) is 6.17. The number of hydrogen-bond acceptors (Lipinski definition) is 1. The summed E-state index contributed by atoms with van der Waals surface area (Å²) in [4.78, 5) is 11.8. The van der Waals surface area contributed by atoms with Crippen LogP contribution in [-0.4, -0.2) is 17.6 Å². The van der Waals surface area contributed by atoms with Crippen molar-refractivity contribution in [3.05, 3.63) is 0 Å². The van der Waals surface area contributed by atoms with E-state index in [4.69, 9.17) is 0 Å². The normalized spacial score (nSPS) is 34.3. The summed E-state index contributed by atoms with van der Waals surface area (Å²) in [5.41, 5.74) is 0.853. The molecule has 2 nitrogen and oxygen atoms in total. The summed E-state index contributed by atoms with van der Waals surface area (Å²) in [5.74, 6) is 2.09. The summed E-state index contributed by atoms with van der Waals surface area (Å²) in [7, 11) is 3.08. The Labute approximate surface area is 146 Å². The molecule has 1 N–H and O–H groups in total. The molecule has 0 saturated heterocycles. The van der Waals surface area contributed by atoms with Gasteiger partial charge in [0, 0.05) is 12.5 Å². The van der Waals surface area contributed by atoms with Crippen molar-refractivity contribution in [2.45, 2.75) is 109 Å². The van der Waals surface area contributed by atoms with Crippen molar-refractivity contribution in [3.63, 3.8) is 0 Å². The SMILES string of the molecule is CCC(=O)NC1CCCCCC(C2CCCC[C@@H](P)CC2)CC1. The van der Waals surface area contributed by atoms with E-state index in [-0.39, 0.29) is 5.91 Å². The van der Waals surface area contributed by atoms with Crippen molar-refractivity contribution < 1.29 is 4.79 Å². The van der Waals surface area contributed by atoms with E-state index in [9.17, 15) is 4.79 Å². The molecule has 134 valence electrons. The minimum atomic E-state index is 0.239. The molecule has 2 fully saturated rings. The summed E-state index contributed by atoms with van der Waals surface area (Å²) >= 11 is 0. The topological polar surface area (TPSA) is 29.1 Å². The number of carbonyl (C=O) groups is 1. The molecule has 2 saturated carbocycles. The first-order valence-corrected chi connectivity index (χ1v) is 10.9. The van der Waals surface area contributed by atoms with Gasteiger partial charge in [0.2, 0.25) is 5.91 Å². The molecule has 0 aromatic rings. The molecule has 0 bridgehead atoms. The van der Waals surface area contributed by atoms with E-state index in [0.29, 0.717) is 12.5 Å². The summed E-state index contributed by atoms with van der Waals surface area (Å²) in [6, 6.07) is 0.436. The van der Waals surface area contributed by atoms with Gasteiger partial charge in [0.15, 0.2) is 0 Å². The van der Waals surface area contributed by atoms with Gasteiger partial charge in [-0.1, -0.05) is 51.9 Å². The molecule has 0 radical (unpaired) electrons. The zero-order valence-electron chi connectivity index (χ0n) is 15.2. The predicted molar refractivity (Wildman–Crippen MR) is 103 cm³/mol. The monoisotopic (exact) mass is 339 g/mol. The van der Waals surface area contributed by atoms with E-state index in [0.717, 1.165) is 17.5 Å². The maximum atomic E-state index is 11.8. The van der Waals surface area contributed by atoms with Crippen LogP contribution in [0.4, 0.5) is 0 Å². The highest BCUT2D eigenvalue weighted by atomic mass is 31.0. The molecule has 0 spiro atoms. The van der Waals surface area contributed by atoms with Crippen molar-refractivity contribution in [1.82, 2.24) is 5.32 Å². The Balaban J connectivity index is 1.89. The highest BCUT2D eigenvalue weighted by molar-refractivity contribution is 7.17. The lowest BCUT2D eigenvalue weighted by Crippen LogP contribution is -2.34. The lowest BCUT2D eigenvalue weighted by atomic mass is 9.77. The minimum Gasteiger partial charge on any atom is -0.353 e. The van der Waals surface area contributed by atoms with Crippen LogP contribution in [0.5, 0.6) is 0 Å². The summed E-state index contributed by atoms with van der Waals surface area (Å²) < 4.78 is 0. The second kappa shape index (κ2) is 10.7. The van der Waals surface area contributed by atoms with E-state index in [2.05, 4.69) is 14.6 Å². The zero-order chi connectivity index (χ0) is 16.5. The molecule has 0 aromatic carbocycles. The quantitative estimate of drug-likeness (QED) is 0.680. The second-order valence-corrected chi connectivity index (χ2v) is 8.92. The third kappa shape index (κ3) is 7.12. The average molecular weight is 340 g/mol. The van der Waals surface area contributed by atoms with Crippen molar-refractivity contribution in [2.75, 3.05) is 0 Å². The standard InChI is InChI=1S/C20H38NOP/c1-2-20(22)21-18-10-5-3-4-8-16(12-14-18)17-9-6-7-11-19(23)15-13-17/h16-19H,2-15,23H2,1H3,(H,21,22)/t16?,17?,18?,19-/m1/s1. The molecule has 0 aliphatic heterocycles. The first kappa shape index (κ1) is 19.2. The molecule has 3 heteroatoms. The summed E-state index contributed by atoms with van der Waals surface area (Å²) in [6.45, 7) is 1.96. The Morgan fingerprint density at radius 3 is 2.17 bits per heavy atom. The lowest BCUT2D eigenvalue weighted by Gasteiger charge is -2.31. The van der Waals surface area contributed by atoms with Gasteiger partial charge in [0.05, 0.1) is 0 Å². The van der Waals surface area contributed by atoms with Gasteiger partial charge in [-0.05, 0) is 56.0 Å². The fourth-order valence-corrected chi connectivity index (χ4v) is 5.05. The maximum absolute atomic E-state index is 11.8. The molecule has 2 aliphatic rings. The molecule has 0 aromatic heterocycles. The largest absolute Gasteiger partial charge is 0.353 e. The van der Waals surface area contributed by atoms with E-state index < -0.39 is 0 Å². The summed E-state index contributed by atoms with van der Waals surface area (Å²) in [6.07, 6.45) is 18.4. The van der Waals surface area contributed by atoms with E-state index in [1.54, 1.807) is 0 Å². The average Bonchev–Trinajstić information content (AvgIpc) is 2.64. The zero-order valence-corrected chi connectivity index (χ0v) is 16.3. The molecule has 2 rings (SSSR count). The second-order valence-electron chi connectivity index (χ2n) is 7.98. The maximum Gasteiger partial charge on any atom is 0.219 e. The van der Waals surface area contributed by atoms with Crippen molar-refractivity contribution >= 4 is 15.1 Å². The van der Waals surface area contributed by atoms with Crippen LogP contribution in [0, 0.1) is 11.8 Å². The number of rotatable bonds is 3. The van der Waals surface area contributed by atoms with Gasteiger partial charge in [-0.25, -0.2) is 0 Å². The molecule has 2 aliphatic carbocycles. The first-order valence-electron chi connectivity index (χ1n) is 10.2. The Kier molecular flexibility index (Phi) is 8.95. The van der Waals surface area contributed by atoms with Crippen LogP contribution in [-0.2, 0) is 4.79 Å². The molecule has 1 amide bonds. The number of nitrogens with one attached hydrogen (secondary N) is 1. The van der Waals surface area contributed by atoms with Crippen LogP contribution < -0.4 is 5.32 Å². The minimum absolute atomic E-state index is 0.239. The predicted octanol–water partition coefficient (Wildman–Crippen LogP) is 5.46. The first-order chi connectivity index (χ1) is 11.2. The van der Waals surface area contributed by atoms with Crippen molar-refractivity contribution in [3.8, 4) is 0 Å². The van der Waals surface area contributed by atoms with Crippen LogP contribution in [0.1, 0.15) is 96.8 Å². The molecule has 5 atom stereocenters. The summed E-state index contributed by atoms with van der Waals surface area (Å²) in [5, 5.41) is 3.27. The van der Waals surface area contributed by atoms with Crippen molar-refractivity contribution in [1.29, 1.82) is 0 Å². The fraction of sp³-hybridized carbons (Fsp3) is 0.950. The van der Waals surface area contributed by atoms with Gasteiger partial charge < -0.3 is 5.32 Å². The Hall–Kier alpha value is -0.100. The van der Waals surface area contributed by atoms with Crippen LogP contribution in [0.2, 0.25) is 0 Å². The van der Waals surface area contributed by atoms with Gasteiger partial charge >= 0.3 is 0 Å². The smallest absolute Gasteiger partial charge is 0.219 e. The van der Waals surface area contributed by atoms with Crippen LogP contribution in [0.3, 0.4) is 0 Å². The molecule has 23 heavy (non-hydrogen) atoms. The molecule has 0 heterocycles. The number of carbonyl (C=O) groups excluding carboxylic acids is 1. The Morgan fingerprint density at radius 2 is 1.43 bits per heavy atom. The van der Waals surface area contributed by atoms with Crippen LogP contribution in [0.15, 0.2) is 0 Å². The van der Waals surface area contributed by atoms with E-state index >= 15 is 0 Å². The van der Waals surface area contributed by atoms with Gasteiger partial charge in [0.1, 0.15) is 0 Å². The molecular weight excluding hydrogens is 301 g/mol. The third-order valence-corrected chi connectivity index (χ3v) is 6.84. The van der Waals surface area contributed by atoms with Gasteiger partial charge in [-0.2, -0.15) is 0 Å². The fourth-order valence-electron chi connectivity index (χ4n) is 4.62. The Morgan fingerprint density at radius 1 is 0.826 bits per heavy atom. The van der Waals surface area contributed by atoms with Gasteiger partial charge in [-0.3, -0.25) is 4.79 Å². The van der Waals surface area contributed by atoms with Gasteiger partial charge in [-0.15, -0.1) is 9.24 Å². The van der Waals surface area contributed by atoms with Crippen LogP contribution >= 0.6 is 9.24 Å². The highest BCUT2D eigenvalue weighted by Gasteiger charge is 2.25.